The summed E-state index contributed by atoms with van der Waals surface area (Å²) in [6.45, 7) is 2.94. The van der Waals surface area contributed by atoms with Gasteiger partial charge in [0.1, 0.15) is 0 Å². The minimum Gasteiger partial charge on any atom is -0.394 e. The van der Waals surface area contributed by atoms with Gasteiger partial charge in [0.2, 0.25) is 0 Å². The Hall–Kier alpha value is -0.120. The van der Waals surface area contributed by atoms with E-state index in [1.807, 2.05) is 0 Å². The van der Waals surface area contributed by atoms with Gasteiger partial charge in [0.25, 0.3) is 0 Å². The highest BCUT2D eigenvalue weighted by Crippen LogP contribution is 2.39. The lowest BCUT2D eigenvalue weighted by atomic mass is 9.97. The van der Waals surface area contributed by atoms with Crippen molar-refractivity contribution in [3.8, 4) is 0 Å². The third kappa shape index (κ3) is 1.37. The van der Waals surface area contributed by atoms with Crippen LogP contribution in [0.1, 0.15) is 26.2 Å². The zero-order chi connectivity index (χ0) is 8.60. The maximum atomic E-state index is 8.91. The Morgan fingerprint density at radius 3 is 2.92 bits per heavy atom. The third-order valence-electron chi connectivity index (χ3n) is 2.83. The SMILES string of the molecule is CC1CC2(CCC(CO)O2)CO1. The van der Waals surface area contributed by atoms with Crippen molar-refractivity contribution in [2.75, 3.05) is 13.2 Å². The summed E-state index contributed by atoms with van der Waals surface area (Å²) in [4.78, 5) is 0. The van der Waals surface area contributed by atoms with Crippen LogP contribution in [0.15, 0.2) is 0 Å². The molecule has 0 radical (unpaired) electrons. The van der Waals surface area contributed by atoms with Crippen molar-refractivity contribution < 1.29 is 14.6 Å². The highest BCUT2D eigenvalue weighted by molar-refractivity contribution is 4.94. The predicted octanol–water partition coefficient (Wildman–Crippen LogP) is 0.705. The average molecular weight is 172 g/mol. The van der Waals surface area contributed by atoms with E-state index in [0.29, 0.717) is 12.7 Å². The molecule has 0 aromatic carbocycles. The molecule has 0 saturated carbocycles. The normalized spacial score (nSPS) is 47.5. The smallest absolute Gasteiger partial charge is 0.0945 e. The molecule has 1 spiro atoms. The van der Waals surface area contributed by atoms with E-state index in [1.54, 1.807) is 0 Å². The van der Waals surface area contributed by atoms with Crippen molar-refractivity contribution in [3.05, 3.63) is 0 Å². The van der Waals surface area contributed by atoms with Gasteiger partial charge in [0, 0.05) is 6.42 Å². The zero-order valence-corrected chi connectivity index (χ0v) is 7.45. The highest BCUT2D eigenvalue weighted by Gasteiger charge is 2.45. The molecule has 1 N–H and O–H groups in total. The largest absolute Gasteiger partial charge is 0.394 e. The molecule has 3 unspecified atom stereocenters. The van der Waals surface area contributed by atoms with E-state index < -0.39 is 0 Å². The van der Waals surface area contributed by atoms with Crippen LogP contribution in [0.5, 0.6) is 0 Å². The van der Waals surface area contributed by atoms with Gasteiger partial charge in [0.05, 0.1) is 31.0 Å². The van der Waals surface area contributed by atoms with Gasteiger partial charge in [0.15, 0.2) is 0 Å². The molecule has 3 heteroatoms. The van der Waals surface area contributed by atoms with Crippen LogP contribution in [0.25, 0.3) is 0 Å². The topological polar surface area (TPSA) is 38.7 Å². The van der Waals surface area contributed by atoms with Crippen LogP contribution in [-0.2, 0) is 9.47 Å². The number of aliphatic hydroxyl groups excluding tert-OH is 1. The van der Waals surface area contributed by atoms with E-state index >= 15 is 0 Å². The Morgan fingerprint density at radius 1 is 1.58 bits per heavy atom. The van der Waals surface area contributed by atoms with E-state index in [4.69, 9.17) is 14.6 Å². The highest BCUT2D eigenvalue weighted by atomic mass is 16.6. The molecule has 3 atom stereocenters. The van der Waals surface area contributed by atoms with Gasteiger partial charge >= 0.3 is 0 Å². The van der Waals surface area contributed by atoms with Crippen LogP contribution in [-0.4, -0.2) is 36.1 Å². The average Bonchev–Trinajstić information content (AvgIpc) is 2.61. The van der Waals surface area contributed by atoms with E-state index in [-0.39, 0.29) is 18.3 Å². The first-order valence-corrected chi connectivity index (χ1v) is 4.64. The van der Waals surface area contributed by atoms with Crippen LogP contribution < -0.4 is 0 Å². The van der Waals surface area contributed by atoms with Gasteiger partial charge in [-0.05, 0) is 19.8 Å². The number of hydrogen-bond donors (Lipinski definition) is 1. The standard InChI is InChI=1S/C9H16O3/c1-7-4-9(6-11-7)3-2-8(5-10)12-9/h7-8,10H,2-6H2,1H3. The lowest BCUT2D eigenvalue weighted by Crippen LogP contribution is -2.30. The zero-order valence-electron chi connectivity index (χ0n) is 7.45. The molecule has 3 nitrogen and oxygen atoms in total. The van der Waals surface area contributed by atoms with Gasteiger partial charge in [-0.15, -0.1) is 0 Å². The van der Waals surface area contributed by atoms with E-state index in [0.717, 1.165) is 19.3 Å². The van der Waals surface area contributed by atoms with E-state index in [1.165, 1.54) is 0 Å². The monoisotopic (exact) mass is 172 g/mol. The molecule has 0 aliphatic carbocycles. The fourth-order valence-corrected chi connectivity index (χ4v) is 2.22. The van der Waals surface area contributed by atoms with Gasteiger partial charge in [-0.25, -0.2) is 0 Å². The van der Waals surface area contributed by atoms with E-state index in [9.17, 15) is 0 Å². The van der Waals surface area contributed by atoms with Crippen LogP contribution in [0.4, 0.5) is 0 Å². The fraction of sp³-hybridized carbons (Fsp3) is 1.00. The summed E-state index contributed by atoms with van der Waals surface area (Å²) in [6, 6.07) is 0. The van der Waals surface area contributed by atoms with Crippen LogP contribution in [0.2, 0.25) is 0 Å². The second-order valence-corrected chi connectivity index (χ2v) is 3.97. The van der Waals surface area contributed by atoms with Crippen molar-refractivity contribution >= 4 is 0 Å². The van der Waals surface area contributed by atoms with Gasteiger partial charge in [-0.3, -0.25) is 0 Å². The number of ether oxygens (including phenoxy) is 2. The first-order chi connectivity index (χ1) is 5.74. The Labute approximate surface area is 72.7 Å². The molecule has 0 aromatic rings. The van der Waals surface area contributed by atoms with Crippen molar-refractivity contribution in [2.24, 2.45) is 0 Å². The van der Waals surface area contributed by atoms with Crippen LogP contribution in [0, 0.1) is 0 Å². The Bertz CT molecular complexity index is 171. The lowest BCUT2D eigenvalue weighted by molar-refractivity contribution is -0.0611. The molecule has 70 valence electrons. The van der Waals surface area contributed by atoms with Crippen molar-refractivity contribution in [1.29, 1.82) is 0 Å². The molecule has 2 aliphatic rings. The molecule has 0 aromatic heterocycles. The number of hydrogen-bond acceptors (Lipinski definition) is 3. The first kappa shape index (κ1) is 8.48. The van der Waals surface area contributed by atoms with Crippen LogP contribution in [0.3, 0.4) is 0 Å². The summed E-state index contributed by atoms with van der Waals surface area (Å²) < 4.78 is 11.2. The molecule has 2 rings (SSSR count). The molecular weight excluding hydrogens is 156 g/mol. The summed E-state index contributed by atoms with van der Waals surface area (Å²) in [7, 11) is 0. The minimum atomic E-state index is -0.0488. The quantitative estimate of drug-likeness (QED) is 0.633. The fourth-order valence-electron chi connectivity index (χ4n) is 2.22. The third-order valence-corrected chi connectivity index (χ3v) is 2.83. The Kier molecular flexibility index (Phi) is 2.10. The van der Waals surface area contributed by atoms with E-state index in [2.05, 4.69) is 6.92 Å². The Balaban J connectivity index is 1.97. The molecule has 2 aliphatic heterocycles. The maximum absolute atomic E-state index is 8.91. The summed E-state index contributed by atoms with van der Waals surface area (Å²) in [5.74, 6) is 0. The van der Waals surface area contributed by atoms with Gasteiger partial charge < -0.3 is 14.6 Å². The molecule has 2 heterocycles. The van der Waals surface area contributed by atoms with Crippen molar-refractivity contribution in [1.82, 2.24) is 0 Å². The second kappa shape index (κ2) is 2.98. The first-order valence-electron chi connectivity index (χ1n) is 4.64. The lowest BCUT2D eigenvalue weighted by Gasteiger charge is -2.21. The summed E-state index contributed by atoms with van der Waals surface area (Å²) in [5.41, 5.74) is -0.0488. The predicted molar refractivity (Wildman–Crippen MR) is 44.0 cm³/mol. The summed E-state index contributed by atoms with van der Waals surface area (Å²) in [6.07, 6.45) is 3.39. The second-order valence-electron chi connectivity index (χ2n) is 3.97. The van der Waals surface area contributed by atoms with Gasteiger partial charge in [-0.2, -0.15) is 0 Å². The Morgan fingerprint density at radius 2 is 2.42 bits per heavy atom. The summed E-state index contributed by atoms with van der Waals surface area (Å²) >= 11 is 0. The molecular formula is C9H16O3. The van der Waals surface area contributed by atoms with Crippen LogP contribution >= 0.6 is 0 Å². The van der Waals surface area contributed by atoms with Crippen molar-refractivity contribution in [3.63, 3.8) is 0 Å². The minimum absolute atomic E-state index is 0.0488. The van der Waals surface area contributed by atoms with Gasteiger partial charge in [-0.1, -0.05) is 0 Å². The molecule has 2 saturated heterocycles. The number of aliphatic hydroxyl groups is 1. The van der Waals surface area contributed by atoms with Crippen molar-refractivity contribution in [2.45, 2.75) is 44.0 Å². The molecule has 0 amide bonds. The molecule has 12 heavy (non-hydrogen) atoms. The number of rotatable bonds is 1. The maximum Gasteiger partial charge on any atom is 0.0945 e. The summed E-state index contributed by atoms with van der Waals surface area (Å²) in [5, 5.41) is 8.91. The molecule has 0 bridgehead atoms. The molecule has 2 fully saturated rings.